The first kappa shape index (κ1) is 27.9. The zero-order chi connectivity index (χ0) is 27.9. The van der Waals surface area contributed by atoms with Crippen LogP contribution in [-0.4, -0.2) is 90.2 Å². The molecule has 2 fully saturated rings. The fourth-order valence-corrected chi connectivity index (χ4v) is 6.03. The van der Waals surface area contributed by atoms with Crippen molar-refractivity contribution in [2.24, 2.45) is 11.8 Å². The topological polar surface area (TPSA) is 73.4 Å². The Hall–Kier alpha value is -3.65. The highest BCUT2D eigenvalue weighted by atomic mass is 16.5. The van der Waals surface area contributed by atoms with Gasteiger partial charge in [-0.25, -0.2) is 0 Å². The predicted molar refractivity (Wildman–Crippen MR) is 153 cm³/mol. The van der Waals surface area contributed by atoms with E-state index in [4.69, 9.17) is 4.74 Å². The van der Waals surface area contributed by atoms with E-state index in [2.05, 4.69) is 36.1 Å². The number of benzene rings is 2. The molecule has 40 heavy (non-hydrogen) atoms. The molecule has 3 aliphatic rings. The van der Waals surface area contributed by atoms with Gasteiger partial charge in [0, 0.05) is 64.3 Å². The number of aryl methyl sites for hydroxylation is 1. The highest BCUT2D eigenvalue weighted by Crippen LogP contribution is 2.30. The largest absolute Gasteiger partial charge is 0.489 e. The molecule has 2 saturated heterocycles. The second-order valence-electron chi connectivity index (χ2n) is 11.2. The second kappa shape index (κ2) is 13.1. The van der Waals surface area contributed by atoms with Crippen molar-refractivity contribution in [1.29, 1.82) is 0 Å². The minimum atomic E-state index is 0.0855. The quantitative estimate of drug-likeness (QED) is 0.427. The van der Waals surface area contributed by atoms with Gasteiger partial charge in [0.15, 0.2) is 0 Å². The van der Waals surface area contributed by atoms with Crippen LogP contribution in [0.5, 0.6) is 5.75 Å². The highest BCUT2D eigenvalue weighted by Gasteiger charge is 2.33. The molecule has 0 aliphatic carbocycles. The van der Waals surface area contributed by atoms with Gasteiger partial charge in [0.25, 0.3) is 0 Å². The molecular formula is C32H40N4O4. The van der Waals surface area contributed by atoms with Gasteiger partial charge in [-0.05, 0) is 42.4 Å². The Kier molecular flexibility index (Phi) is 9.16. The number of fused-ring (bicyclic) bond motifs is 3. The number of ether oxygens (including phenoxy) is 1. The summed E-state index contributed by atoms with van der Waals surface area (Å²) in [4.78, 5) is 45.7. The number of rotatable bonds is 5. The molecule has 5 rings (SSSR count). The first-order valence-electron chi connectivity index (χ1n) is 14.4. The van der Waals surface area contributed by atoms with Crippen molar-refractivity contribution in [3.63, 3.8) is 0 Å². The number of hydrogen-bond acceptors (Lipinski definition) is 5. The van der Waals surface area contributed by atoms with Crippen LogP contribution in [0.25, 0.3) is 0 Å². The average molecular weight is 545 g/mol. The minimum Gasteiger partial charge on any atom is -0.489 e. The molecule has 3 aliphatic heterocycles. The van der Waals surface area contributed by atoms with E-state index in [1.807, 2.05) is 46.2 Å². The summed E-state index contributed by atoms with van der Waals surface area (Å²) >= 11 is 0. The summed E-state index contributed by atoms with van der Waals surface area (Å²) in [6.07, 6.45) is 6.29. The van der Waals surface area contributed by atoms with E-state index in [1.165, 1.54) is 11.1 Å². The monoisotopic (exact) mass is 544 g/mol. The van der Waals surface area contributed by atoms with Crippen molar-refractivity contribution in [3.8, 4) is 5.75 Å². The molecule has 3 amide bonds. The number of carbonyl (C=O) groups is 3. The third-order valence-electron chi connectivity index (χ3n) is 8.51. The molecule has 212 valence electrons. The molecule has 0 aromatic heterocycles. The summed E-state index contributed by atoms with van der Waals surface area (Å²) < 4.78 is 6.20. The lowest BCUT2D eigenvalue weighted by molar-refractivity contribution is -0.138. The van der Waals surface area contributed by atoms with Gasteiger partial charge in [0.05, 0.1) is 6.54 Å². The fourth-order valence-electron chi connectivity index (χ4n) is 6.03. The second-order valence-corrected chi connectivity index (χ2v) is 11.2. The van der Waals surface area contributed by atoms with Crippen molar-refractivity contribution >= 4 is 18.2 Å². The number of piperazine rings is 1. The smallest absolute Gasteiger partial charge is 0.236 e. The summed E-state index contributed by atoms with van der Waals surface area (Å²) in [6, 6.07) is 16.4. The van der Waals surface area contributed by atoms with Gasteiger partial charge < -0.3 is 19.4 Å². The number of hydrogen-bond donors (Lipinski definition) is 0. The Morgan fingerprint density at radius 3 is 2.58 bits per heavy atom. The molecule has 0 saturated carbocycles. The molecule has 2 aromatic carbocycles. The Labute approximate surface area is 237 Å². The maximum Gasteiger partial charge on any atom is 0.236 e. The Morgan fingerprint density at radius 2 is 1.77 bits per heavy atom. The molecule has 2 atom stereocenters. The van der Waals surface area contributed by atoms with Crippen molar-refractivity contribution < 1.29 is 19.1 Å². The lowest BCUT2D eigenvalue weighted by Crippen LogP contribution is -2.50. The Bertz CT molecular complexity index is 1220. The molecule has 3 heterocycles. The number of para-hydroxylation sites is 1. The summed E-state index contributed by atoms with van der Waals surface area (Å²) in [5.41, 5.74) is 3.49. The van der Waals surface area contributed by atoms with Crippen molar-refractivity contribution in [2.75, 3.05) is 52.4 Å². The number of nitrogens with zero attached hydrogens (tertiary/aromatic N) is 4. The van der Waals surface area contributed by atoms with Gasteiger partial charge in [-0.2, -0.15) is 0 Å². The molecule has 2 aromatic rings. The fraction of sp³-hybridized carbons (Fsp3) is 0.469. The van der Waals surface area contributed by atoms with Crippen LogP contribution in [0.1, 0.15) is 29.5 Å². The molecule has 8 heteroatoms. The van der Waals surface area contributed by atoms with Gasteiger partial charge >= 0.3 is 0 Å². The zero-order valence-electron chi connectivity index (χ0n) is 23.4. The maximum atomic E-state index is 13.7. The molecule has 0 unspecified atom stereocenters. The highest BCUT2D eigenvalue weighted by molar-refractivity contribution is 5.79. The van der Waals surface area contributed by atoms with E-state index < -0.39 is 0 Å². The van der Waals surface area contributed by atoms with Crippen LogP contribution in [0.15, 0.2) is 60.7 Å². The molecular weight excluding hydrogens is 504 g/mol. The van der Waals surface area contributed by atoms with E-state index in [0.29, 0.717) is 71.9 Å². The van der Waals surface area contributed by atoms with Gasteiger partial charge in [-0.1, -0.05) is 54.6 Å². The maximum absolute atomic E-state index is 13.7. The zero-order valence-corrected chi connectivity index (χ0v) is 23.4. The summed E-state index contributed by atoms with van der Waals surface area (Å²) in [5, 5.41) is 0. The first-order chi connectivity index (χ1) is 19.5. The molecule has 0 N–H and O–H groups in total. The van der Waals surface area contributed by atoms with E-state index in [-0.39, 0.29) is 23.7 Å². The van der Waals surface area contributed by atoms with Crippen molar-refractivity contribution in [2.45, 2.75) is 32.9 Å². The van der Waals surface area contributed by atoms with E-state index in [1.54, 1.807) is 4.90 Å². The number of carbonyl (C=O) groups excluding carboxylic acids is 3. The average Bonchev–Trinajstić information content (AvgIpc) is 2.98. The lowest BCUT2D eigenvalue weighted by atomic mass is 9.82. The van der Waals surface area contributed by atoms with Gasteiger partial charge in [-0.15, -0.1) is 0 Å². The SMILES string of the molecule is Cc1ccccc1CN1CC(=O)N2CC[C@@H](CC(=O)N3CCN(C=O)CC3)[C@@H](/C=C\COc3ccccc3C1)C2. The Balaban J connectivity index is 1.33. The third-order valence-corrected chi connectivity index (χ3v) is 8.51. The van der Waals surface area contributed by atoms with Gasteiger partial charge in [0.1, 0.15) is 12.4 Å². The standard InChI is InChI=1S/C32H40N4O4/c1-25-7-2-3-8-27(25)20-34-21-29-9-4-5-11-30(29)40-18-6-10-28-22-36(32(39)23-34)13-12-26(28)19-31(38)35-16-14-33(24-37)15-17-35/h2-11,24,26,28H,12-23H2,1H3/b10-6-/t26-,28-/m0/s1. The van der Waals surface area contributed by atoms with Gasteiger partial charge in [-0.3, -0.25) is 19.3 Å². The number of piperidine rings is 1. The molecule has 2 bridgehead atoms. The molecule has 8 nitrogen and oxygen atoms in total. The van der Waals surface area contributed by atoms with E-state index >= 15 is 0 Å². The summed E-state index contributed by atoms with van der Waals surface area (Å²) in [6.45, 7) is 7.77. The predicted octanol–water partition coefficient (Wildman–Crippen LogP) is 3.10. The summed E-state index contributed by atoms with van der Waals surface area (Å²) in [7, 11) is 0. The first-order valence-corrected chi connectivity index (χ1v) is 14.4. The van der Waals surface area contributed by atoms with Crippen molar-refractivity contribution in [3.05, 3.63) is 77.4 Å². The lowest BCUT2D eigenvalue weighted by Gasteiger charge is -2.39. The van der Waals surface area contributed by atoms with Crippen LogP contribution < -0.4 is 4.74 Å². The number of amides is 3. The van der Waals surface area contributed by atoms with Crippen LogP contribution in [-0.2, 0) is 27.5 Å². The normalized spacial score (nSPS) is 23.2. The Morgan fingerprint density at radius 1 is 1.00 bits per heavy atom. The van der Waals surface area contributed by atoms with Crippen molar-refractivity contribution in [1.82, 2.24) is 19.6 Å². The third kappa shape index (κ3) is 6.91. The van der Waals surface area contributed by atoms with E-state index in [9.17, 15) is 14.4 Å². The van der Waals surface area contributed by atoms with Crippen LogP contribution >= 0.6 is 0 Å². The molecule has 0 spiro atoms. The molecule has 0 radical (unpaired) electrons. The van der Waals surface area contributed by atoms with Crippen LogP contribution in [0.3, 0.4) is 0 Å². The van der Waals surface area contributed by atoms with Gasteiger partial charge in [0.2, 0.25) is 18.2 Å². The van der Waals surface area contributed by atoms with Crippen LogP contribution in [0.4, 0.5) is 0 Å². The minimum absolute atomic E-state index is 0.0855. The van der Waals surface area contributed by atoms with Crippen LogP contribution in [0.2, 0.25) is 0 Å². The van der Waals surface area contributed by atoms with Crippen LogP contribution in [0, 0.1) is 18.8 Å². The summed E-state index contributed by atoms with van der Waals surface area (Å²) in [5.74, 6) is 1.35. The van der Waals surface area contributed by atoms with E-state index in [0.717, 1.165) is 24.1 Å².